The maximum absolute atomic E-state index is 12.3. The maximum Gasteiger partial charge on any atom is 0.234 e. The summed E-state index contributed by atoms with van der Waals surface area (Å²) in [6.07, 6.45) is 2.73. The molecule has 0 aliphatic rings. The fourth-order valence-corrected chi connectivity index (χ4v) is 3.43. The minimum Gasteiger partial charge on any atom is -0.504 e. The molecule has 33 heavy (non-hydrogen) atoms. The largest absolute Gasteiger partial charge is 0.504 e. The summed E-state index contributed by atoms with van der Waals surface area (Å²) in [6.45, 7) is -0.0218. The molecule has 2 aromatic heterocycles. The number of phenolic OH excluding ortho intramolecular Hbond substituents is 2. The molecule has 4 N–H and O–H groups in total. The number of aromatic hydroxyl groups is 2. The number of phenols is 2. The summed E-state index contributed by atoms with van der Waals surface area (Å²) in [4.78, 5) is 22.9. The zero-order chi connectivity index (χ0) is 23.4. The zero-order valence-corrected chi connectivity index (χ0v) is 18.0. The summed E-state index contributed by atoms with van der Waals surface area (Å²) >= 11 is 0. The van der Waals surface area contributed by atoms with Crippen LogP contribution in [-0.4, -0.2) is 54.4 Å². The number of fused-ring (bicyclic) bond motifs is 1. The fraction of sp³-hybridized carbons (Fsp3) is 0.217. The van der Waals surface area contributed by atoms with Gasteiger partial charge in [0.05, 0.1) is 12.3 Å². The van der Waals surface area contributed by atoms with E-state index >= 15 is 0 Å². The number of aryl methyl sites for hydroxylation is 1. The predicted molar refractivity (Wildman–Crippen MR) is 121 cm³/mol. The summed E-state index contributed by atoms with van der Waals surface area (Å²) in [7, 11) is 1.89. The Morgan fingerprint density at radius 2 is 1.91 bits per heavy atom. The third kappa shape index (κ3) is 4.85. The number of nitrogens with zero attached hydrogens (tertiary/aromatic N) is 5. The van der Waals surface area contributed by atoms with Gasteiger partial charge in [-0.25, -0.2) is 9.97 Å². The van der Waals surface area contributed by atoms with E-state index in [1.807, 2.05) is 42.3 Å². The predicted octanol–water partition coefficient (Wildman–Crippen LogP) is 2.09. The molecule has 10 nitrogen and oxygen atoms in total. The molecule has 0 saturated carbocycles. The lowest BCUT2D eigenvalue weighted by Crippen LogP contribution is -2.28. The van der Waals surface area contributed by atoms with Crippen LogP contribution in [0.3, 0.4) is 0 Å². The standard InChI is InChI=1S/C23H24N6O4/c1-28(17-5-3-2-4-6-17)23-26-14-25-22-16(12-27-29(22)23)8-10-21(33)24-13-20(32)15-7-9-18(30)19(31)11-15/h2-7,9,11-12,14,20,30-32H,8,10,13H2,1H3,(H,24,33). The highest BCUT2D eigenvalue weighted by Gasteiger charge is 2.16. The van der Waals surface area contributed by atoms with Crippen LogP contribution in [0.5, 0.6) is 11.5 Å². The number of benzene rings is 2. The lowest BCUT2D eigenvalue weighted by atomic mass is 10.1. The van der Waals surface area contributed by atoms with E-state index in [-0.39, 0.29) is 30.4 Å². The molecule has 0 aliphatic heterocycles. The van der Waals surface area contributed by atoms with Crippen molar-refractivity contribution in [1.29, 1.82) is 0 Å². The summed E-state index contributed by atoms with van der Waals surface area (Å²) in [5.74, 6) is -0.246. The molecule has 10 heteroatoms. The summed E-state index contributed by atoms with van der Waals surface area (Å²) in [5.41, 5.74) is 2.77. The number of anilines is 2. The first kappa shape index (κ1) is 22.0. The average Bonchev–Trinajstić information content (AvgIpc) is 3.26. The van der Waals surface area contributed by atoms with Crippen molar-refractivity contribution in [3.8, 4) is 11.5 Å². The number of aromatic nitrogens is 4. The fourth-order valence-electron chi connectivity index (χ4n) is 3.43. The van der Waals surface area contributed by atoms with E-state index in [4.69, 9.17) is 0 Å². The first-order valence-electron chi connectivity index (χ1n) is 10.4. The number of nitrogens with one attached hydrogen (secondary N) is 1. The minimum absolute atomic E-state index is 0.0218. The van der Waals surface area contributed by atoms with Crippen molar-refractivity contribution in [2.75, 3.05) is 18.5 Å². The van der Waals surface area contributed by atoms with Crippen molar-refractivity contribution in [3.63, 3.8) is 0 Å². The molecule has 1 unspecified atom stereocenters. The summed E-state index contributed by atoms with van der Waals surface area (Å²) in [5, 5.41) is 36.2. The van der Waals surface area contributed by atoms with E-state index in [0.29, 0.717) is 23.6 Å². The van der Waals surface area contributed by atoms with Gasteiger partial charge in [-0.2, -0.15) is 9.61 Å². The van der Waals surface area contributed by atoms with Crippen LogP contribution in [0.25, 0.3) is 5.65 Å². The van der Waals surface area contributed by atoms with Gasteiger partial charge in [0, 0.05) is 31.3 Å². The van der Waals surface area contributed by atoms with Crippen LogP contribution < -0.4 is 10.2 Å². The van der Waals surface area contributed by atoms with Crippen LogP contribution >= 0.6 is 0 Å². The lowest BCUT2D eigenvalue weighted by Gasteiger charge is -2.18. The number of aliphatic hydroxyl groups excluding tert-OH is 1. The second-order valence-electron chi connectivity index (χ2n) is 7.54. The van der Waals surface area contributed by atoms with Crippen LogP contribution in [0.4, 0.5) is 11.6 Å². The Morgan fingerprint density at radius 1 is 1.12 bits per heavy atom. The molecular weight excluding hydrogens is 424 g/mol. The normalized spacial score (nSPS) is 11.9. The van der Waals surface area contributed by atoms with Gasteiger partial charge in [-0.05, 0) is 36.2 Å². The van der Waals surface area contributed by atoms with Gasteiger partial charge in [-0.15, -0.1) is 0 Å². The average molecular weight is 448 g/mol. The van der Waals surface area contributed by atoms with Gasteiger partial charge in [0.1, 0.15) is 6.33 Å². The van der Waals surface area contributed by atoms with E-state index in [0.717, 1.165) is 11.3 Å². The maximum atomic E-state index is 12.3. The third-order valence-corrected chi connectivity index (χ3v) is 5.30. The van der Waals surface area contributed by atoms with Gasteiger partial charge >= 0.3 is 0 Å². The number of para-hydroxylation sites is 1. The van der Waals surface area contributed by atoms with E-state index < -0.39 is 6.10 Å². The Labute approximate surface area is 189 Å². The minimum atomic E-state index is -1.01. The monoisotopic (exact) mass is 448 g/mol. The molecule has 0 saturated heterocycles. The molecule has 1 amide bonds. The van der Waals surface area contributed by atoms with Gasteiger partial charge in [0.15, 0.2) is 17.1 Å². The Bertz CT molecular complexity index is 1260. The van der Waals surface area contributed by atoms with Crippen molar-refractivity contribution in [2.24, 2.45) is 0 Å². The highest BCUT2D eigenvalue weighted by Crippen LogP contribution is 2.27. The first-order chi connectivity index (χ1) is 15.9. The SMILES string of the molecule is CN(c1ccccc1)c1ncnc2c(CCC(=O)NCC(O)c3ccc(O)c(O)c3)cnn12. The Hall–Kier alpha value is -4.18. The number of aliphatic hydroxyl groups is 1. The number of rotatable bonds is 8. The van der Waals surface area contributed by atoms with Crippen molar-refractivity contribution < 1.29 is 20.1 Å². The highest BCUT2D eigenvalue weighted by atomic mass is 16.3. The van der Waals surface area contributed by atoms with Gasteiger partial charge in [-0.1, -0.05) is 24.3 Å². The quantitative estimate of drug-likeness (QED) is 0.301. The molecule has 0 radical (unpaired) electrons. The van der Waals surface area contributed by atoms with Gasteiger partial charge in [-0.3, -0.25) is 4.79 Å². The van der Waals surface area contributed by atoms with E-state index in [2.05, 4.69) is 20.4 Å². The molecule has 2 heterocycles. The molecule has 170 valence electrons. The zero-order valence-electron chi connectivity index (χ0n) is 18.0. The smallest absolute Gasteiger partial charge is 0.234 e. The Balaban J connectivity index is 1.38. The Morgan fingerprint density at radius 3 is 2.67 bits per heavy atom. The lowest BCUT2D eigenvalue weighted by molar-refractivity contribution is -0.121. The number of amides is 1. The van der Waals surface area contributed by atoms with Crippen LogP contribution in [0.1, 0.15) is 23.7 Å². The van der Waals surface area contributed by atoms with Crippen LogP contribution in [0, 0.1) is 0 Å². The number of carbonyl (C=O) groups excluding carboxylic acids is 1. The van der Waals surface area contributed by atoms with Crippen molar-refractivity contribution in [1.82, 2.24) is 24.9 Å². The van der Waals surface area contributed by atoms with E-state index in [1.54, 1.807) is 10.7 Å². The molecule has 4 aromatic rings. The topological polar surface area (TPSA) is 136 Å². The van der Waals surface area contributed by atoms with Crippen LogP contribution in [-0.2, 0) is 11.2 Å². The van der Waals surface area contributed by atoms with Crippen molar-refractivity contribution in [3.05, 3.63) is 72.2 Å². The van der Waals surface area contributed by atoms with E-state index in [9.17, 15) is 20.1 Å². The number of carbonyl (C=O) groups is 1. The molecule has 1 atom stereocenters. The third-order valence-electron chi connectivity index (χ3n) is 5.30. The van der Waals surface area contributed by atoms with Crippen molar-refractivity contribution in [2.45, 2.75) is 18.9 Å². The molecule has 0 bridgehead atoms. The Kier molecular flexibility index (Phi) is 6.36. The molecule has 0 aliphatic carbocycles. The van der Waals surface area contributed by atoms with E-state index in [1.165, 1.54) is 24.5 Å². The number of hydrogen-bond donors (Lipinski definition) is 4. The first-order valence-corrected chi connectivity index (χ1v) is 10.4. The molecule has 0 fully saturated rings. The van der Waals surface area contributed by atoms with Crippen LogP contribution in [0.15, 0.2) is 61.1 Å². The molecular formula is C23H24N6O4. The summed E-state index contributed by atoms with van der Waals surface area (Å²) in [6, 6.07) is 13.8. The molecule has 4 rings (SSSR count). The molecule has 0 spiro atoms. The highest BCUT2D eigenvalue weighted by molar-refractivity contribution is 5.76. The number of hydrogen-bond acceptors (Lipinski definition) is 8. The molecule has 2 aromatic carbocycles. The van der Waals surface area contributed by atoms with Crippen molar-refractivity contribution >= 4 is 23.2 Å². The second kappa shape index (κ2) is 9.53. The second-order valence-corrected chi connectivity index (χ2v) is 7.54. The van der Waals surface area contributed by atoms with Crippen LogP contribution in [0.2, 0.25) is 0 Å². The van der Waals surface area contributed by atoms with Gasteiger partial charge in [0.25, 0.3) is 0 Å². The summed E-state index contributed by atoms with van der Waals surface area (Å²) < 4.78 is 1.64. The van der Waals surface area contributed by atoms with Gasteiger partial charge in [0.2, 0.25) is 11.9 Å². The van der Waals surface area contributed by atoms with Gasteiger partial charge < -0.3 is 25.5 Å².